The zero-order chi connectivity index (χ0) is 16.5. The second-order valence-corrected chi connectivity index (χ2v) is 8.34. The predicted molar refractivity (Wildman–Crippen MR) is 79.2 cm³/mol. The molecule has 0 aliphatic rings. The molecule has 0 radical (unpaired) electrons. The van der Waals surface area contributed by atoms with Crippen LogP contribution in [0.4, 0.5) is 13.2 Å². The minimum absolute atomic E-state index is 0.0747. The van der Waals surface area contributed by atoms with E-state index in [0.29, 0.717) is 0 Å². The maximum atomic E-state index is 13.0. The van der Waals surface area contributed by atoms with Crippen LogP contribution in [-0.2, 0) is 22.7 Å². The lowest BCUT2D eigenvalue weighted by molar-refractivity contribution is -0.138. The second-order valence-electron chi connectivity index (χ2n) is 4.78. The van der Waals surface area contributed by atoms with Crippen molar-refractivity contribution < 1.29 is 21.6 Å². The number of halogens is 3. The van der Waals surface area contributed by atoms with Gasteiger partial charge in [-0.2, -0.15) is 17.5 Å². The molecule has 3 nitrogen and oxygen atoms in total. The highest BCUT2D eigenvalue weighted by Gasteiger charge is 2.34. The van der Waals surface area contributed by atoms with Crippen LogP contribution >= 0.6 is 11.3 Å². The summed E-state index contributed by atoms with van der Waals surface area (Å²) in [6.45, 7) is 1.43. The van der Waals surface area contributed by atoms with Gasteiger partial charge in [0.25, 0.3) is 10.0 Å². The van der Waals surface area contributed by atoms with Crippen molar-refractivity contribution in [3.63, 3.8) is 0 Å². The third-order valence-corrected chi connectivity index (χ3v) is 6.37. The molecule has 0 amide bonds. The standard InChI is InChI=1S/C14H14F3NO2S2/c1-10-7-8-13(21-10)22(19,20)18(2)9-11-5-3-4-6-12(11)14(15,16)17/h3-8H,9H2,1-2H3. The molecule has 1 heterocycles. The fourth-order valence-corrected chi connectivity index (χ4v) is 4.61. The van der Waals surface area contributed by atoms with Crippen molar-refractivity contribution in [1.29, 1.82) is 0 Å². The van der Waals surface area contributed by atoms with E-state index in [0.717, 1.165) is 26.6 Å². The Bertz CT molecular complexity index is 766. The van der Waals surface area contributed by atoms with Crippen molar-refractivity contribution in [3.8, 4) is 0 Å². The lowest BCUT2D eigenvalue weighted by atomic mass is 10.1. The lowest BCUT2D eigenvalue weighted by Gasteiger charge is -2.19. The maximum absolute atomic E-state index is 13.0. The van der Waals surface area contributed by atoms with E-state index in [1.165, 1.54) is 31.3 Å². The molecular formula is C14H14F3NO2S2. The van der Waals surface area contributed by atoms with Crippen LogP contribution in [0, 0.1) is 6.92 Å². The van der Waals surface area contributed by atoms with Crippen molar-refractivity contribution in [2.75, 3.05) is 7.05 Å². The molecule has 1 aromatic heterocycles. The number of hydrogen-bond acceptors (Lipinski definition) is 3. The first-order chi connectivity index (χ1) is 10.1. The number of aryl methyl sites for hydroxylation is 1. The summed E-state index contributed by atoms with van der Waals surface area (Å²) in [6, 6.07) is 8.10. The summed E-state index contributed by atoms with van der Waals surface area (Å²) in [6.07, 6.45) is -4.51. The van der Waals surface area contributed by atoms with Gasteiger partial charge >= 0.3 is 6.18 Å². The normalized spacial score (nSPS) is 12.8. The average molecular weight is 349 g/mol. The molecule has 2 rings (SSSR count). The molecule has 0 atom stereocenters. The summed E-state index contributed by atoms with van der Waals surface area (Å²) in [4.78, 5) is 0.822. The van der Waals surface area contributed by atoms with Crippen LogP contribution in [0.2, 0.25) is 0 Å². The van der Waals surface area contributed by atoms with Gasteiger partial charge in [0, 0.05) is 18.5 Å². The molecule has 0 N–H and O–H groups in total. The first-order valence-corrected chi connectivity index (χ1v) is 8.56. The van der Waals surface area contributed by atoms with Crippen molar-refractivity contribution in [3.05, 3.63) is 52.4 Å². The molecule has 0 unspecified atom stereocenters. The number of sulfonamides is 1. The molecule has 0 saturated heterocycles. The topological polar surface area (TPSA) is 37.4 Å². The molecule has 120 valence electrons. The van der Waals surface area contributed by atoms with E-state index >= 15 is 0 Å². The molecule has 0 aliphatic carbocycles. The van der Waals surface area contributed by atoms with Crippen molar-refractivity contribution in [2.24, 2.45) is 0 Å². The quantitative estimate of drug-likeness (QED) is 0.840. The zero-order valence-electron chi connectivity index (χ0n) is 11.9. The van der Waals surface area contributed by atoms with Gasteiger partial charge in [-0.05, 0) is 30.7 Å². The number of hydrogen-bond donors (Lipinski definition) is 0. The Hall–Kier alpha value is -1.38. The smallest absolute Gasteiger partial charge is 0.206 e. The SMILES string of the molecule is Cc1ccc(S(=O)(=O)N(C)Cc2ccccc2C(F)(F)F)s1. The Morgan fingerprint density at radius 1 is 1.14 bits per heavy atom. The van der Waals surface area contributed by atoms with Crippen LogP contribution in [0.15, 0.2) is 40.6 Å². The lowest BCUT2D eigenvalue weighted by Crippen LogP contribution is -2.27. The van der Waals surface area contributed by atoms with Crippen LogP contribution in [0.5, 0.6) is 0 Å². The molecule has 1 aromatic carbocycles. The molecule has 0 aliphatic heterocycles. The number of thiophene rings is 1. The van der Waals surface area contributed by atoms with E-state index in [-0.39, 0.29) is 16.3 Å². The highest BCUT2D eigenvalue weighted by molar-refractivity contribution is 7.91. The van der Waals surface area contributed by atoms with Gasteiger partial charge in [0.05, 0.1) is 5.56 Å². The third-order valence-electron chi connectivity index (χ3n) is 3.10. The summed E-state index contributed by atoms with van der Waals surface area (Å²) in [5.41, 5.74) is -0.895. The van der Waals surface area contributed by atoms with Crippen LogP contribution in [0.25, 0.3) is 0 Å². The minimum Gasteiger partial charge on any atom is -0.206 e. The van der Waals surface area contributed by atoms with E-state index in [1.54, 1.807) is 13.0 Å². The Kier molecular flexibility index (Phi) is 4.65. The first-order valence-electron chi connectivity index (χ1n) is 6.30. The van der Waals surface area contributed by atoms with Crippen LogP contribution in [0.3, 0.4) is 0 Å². The van der Waals surface area contributed by atoms with Gasteiger partial charge in [0.2, 0.25) is 0 Å². The number of nitrogens with zero attached hydrogens (tertiary/aromatic N) is 1. The van der Waals surface area contributed by atoms with Gasteiger partial charge in [-0.3, -0.25) is 0 Å². The minimum atomic E-state index is -4.51. The predicted octanol–water partition coefficient (Wildman–Crippen LogP) is 3.90. The van der Waals surface area contributed by atoms with E-state index in [4.69, 9.17) is 0 Å². The van der Waals surface area contributed by atoms with E-state index in [2.05, 4.69) is 0 Å². The fourth-order valence-electron chi connectivity index (χ4n) is 1.96. The Morgan fingerprint density at radius 3 is 2.32 bits per heavy atom. The number of rotatable bonds is 4. The number of alkyl halides is 3. The molecule has 22 heavy (non-hydrogen) atoms. The monoisotopic (exact) mass is 349 g/mol. The molecule has 0 spiro atoms. The van der Waals surface area contributed by atoms with Gasteiger partial charge in [-0.25, -0.2) is 8.42 Å². The molecular weight excluding hydrogens is 335 g/mol. The van der Waals surface area contributed by atoms with Crippen molar-refractivity contribution in [2.45, 2.75) is 23.9 Å². The zero-order valence-corrected chi connectivity index (χ0v) is 13.5. The van der Waals surface area contributed by atoms with Gasteiger partial charge < -0.3 is 0 Å². The second kappa shape index (κ2) is 6.02. The van der Waals surface area contributed by atoms with E-state index < -0.39 is 21.8 Å². The van der Waals surface area contributed by atoms with Gasteiger partial charge in [0.1, 0.15) is 4.21 Å². The largest absolute Gasteiger partial charge is 0.416 e. The summed E-state index contributed by atoms with van der Waals surface area (Å²) in [5, 5.41) is 0. The average Bonchev–Trinajstić information content (AvgIpc) is 2.85. The molecule has 2 aromatic rings. The first kappa shape index (κ1) is 17.0. The molecule has 8 heteroatoms. The summed E-state index contributed by atoms with van der Waals surface area (Å²) in [7, 11) is -2.52. The molecule has 0 saturated carbocycles. The van der Waals surface area contributed by atoms with Crippen molar-refractivity contribution >= 4 is 21.4 Å². The molecule has 0 fully saturated rings. The molecule has 0 bridgehead atoms. The highest BCUT2D eigenvalue weighted by Crippen LogP contribution is 2.33. The third kappa shape index (κ3) is 3.50. The van der Waals surface area contributed by atoms with Crippen LogP contribution in [0.1, 0.15) is 16.0 Å². The van der Waals surface area contributed by atoms with Gasteiger partial charge in [-0.1, -0.05) is 18.2 Å². The van der Waals surface area contributed by atoms with E-state index in [9.17, 15) is 21.6 Å². The van der Waals surface area contributed by atoms with E-state index in [1.807, 2.05) is 0 Å². The summed E-state index contributed by atoms with van der Waals surface area (Å²) >= 11 is 1.09. The number of benzene rings is 1. The van der Waals surface area contributed by atoms with Gasteiger partial charge in [0.15, 0.2) is 0 Å². The van der Waals surface area contributed by atoms with Crippen LogP contribution in [-0.4, -0.2) is 19.8 Å². The Morgan fingerprint density at radius 2 is 1.77 bits per heavy atom. The summed E-state index contributed by atoms with van der Waals surface area (Å²) < 4.78 is 64.7. The van der Waals surface area contributed by atoms with Crippen molar-refractivity contribution in [1.82, 2.24) is 4.31 Å². The van der Waals surface area contributed by atoms with Crippen LogP contribution < -0.4 is 0 Å². The van der Waals surface area contributed by atoms with Gasteiger partial charge in [-0.15, -0.1) is 11.3 Å². The maximum Gasteiger partial charge on any atom is 0.416 e. The highest BCUT2D eigenvalue weighted by atomic mass is 32.2. The Balaban J connectivity index is 2.32. The Labute approximate surface area is 131 Å². The fraction of sp³-hybridized carbons (Fsp3) is 0.286. The summed E-state index contributed by atoms with van der Waals surface area (Å²) in [5.74, 6) is 0.